The van der Waals surface area contributed by atoms with Gasteiger partial charge in [0, 0.05) is 11.4 Å². The molecule has 1 aliphatic rings. The summed E-state index contributed by atoms with van der Waals surface area (Å²) in [7, 11) is 0. The first-order chi connectivity index (χ1) is 9.06. The molecule has 0 saturated heterocycles. The molecule has 6 heteroatoms. The van der Waals surface area contributed by atoms with Gasteiger partial charge in [-0.2, -0.15) is 0 Å². The van der Waals surface area contributed by atoms with E-state index >= 15 is 0 Å². The number of benzene rings is 1. The molecule has 1 aliphatic heterocycles. The van der Waals surface area contributed by atoms with E-state index in [4.69, 9.17) is 39.5 Å². The van der Waals surface area contributed by atoms with E-state index < -0.39 is 0 Å². The summed E-state index contributed by atoms with van der Waals surface area (Å²) >= 11 is 19.1. The molecule has 0 saturated carbocycles. The van der Waals surface area contributed by atoms with Crippen LogP contribution in [0, 0.1) is 0 Å². The van der Waals surface area contributed by atoms with Crippen LogP contribution in [0.25, 0.3) is 0 Å². The molecule has 98 valence electrons. The van der Waals surface area contributed by atoms with Crippen LogP contribution in [0.1, 0.15) is 21.5 Å². The van der Waals surface area contributed by atoms with Crippen molar-refractivity contribution in [1.29, 1.82) is 0 Å². The van der Waals surface area contributed by atoms with Crippen LogP contribution < -0.4 is 4.74 Å². The number of ketones is 1. The maximum Gasteiger partial charge on any atom is 0.199 e. The molecule has 0 unspecified atom stereocenters. The Hall–Kier alpha value is -0.740. The SMILES string of the molecule is O=C(c1cc(Cl)sc1Cl)c1cc(Cl)cc2c1OCC2. The molecule has 1 aromatic carbocycles. The van der Waals surface area contributed by atoms with Gasteiger partial charge in [-0.3, -0.25) is 4.79 Å². The van der Waals surface area contributed by atoms with Gasteiger partial charge >= 0.3 is 0 Å². The van der Waals surface area contributed by atoms with Crippen LogP contribution >= 0.6 is 46.1 Å². The van der Waals surface area contributed by atoms with E-state index in [1.165, 1.54) is 11.3 Å². The molecule has 19 heavy (non-hydrogen) atoms. The fourth-order valence-corrected chi connectivity index (χ4v) is 3.78. The molecular formula is C13H7Cl3O2S. The first-order valence-electron chi connectivity index (χ1n) is 5.51. The Morgan fingerprint density at radius 2 is 1.95 bits per heavy atom. The van der Waals surface area contributed by atoms with Gasteiger partial charge in [0.05, 0.1) is 22.1 Å². The van der Waals surface area contributed by atoms with Gasteiger partial charge in [0.25, 0.3) is 0 Å². The van der Waals surface area contributed by atoms with E-state index in [0.29, 0.717) is 37.2 Å². The van der Waals surface area contributed by atoms with Crippen LogP contribution in [-0.4, -0.2) is 12.4 Å². The second-order valence-electron chi connectivity index (χ2n) is 4.11. The lowest BCUT2D eigenvalue weighted by Gasteiger charge is -2.07. The zero-order chi connectivity index (χ0) is 13.6. The Labute approximate surface area is 128 Å². The first-order valence-corrected chi connectivity index (χ1v) is 7.46. The Morgan fingerprint density at radius 1 is 1.16 bits per heavy atom. The third-order valence-electron chi connectivity index (χ3n) is 2.89. The minimum Gasteiger partial charge on any atom is -0.492 e. The van der Waals surface area contributed by atoms with Crippen LogP contribution in [0.2, 0.25) is 13.7 Å². The molecule has 0 fully saturated rings. The average Bonchev–Trinajstić information content (AvgIpc) is 2.93. The third-order valence-corrected chi connectivity index (χ3v) is 4.60. The second kappa shape index (κ2) is 4.98. The molecule has 2 nitrogen and oxygen atoms in total. The van der Waals surface area contributed by atoms with Crippen LogP contribution in [0.4, 0.5) is 0 Å². The minimum atomic E-state index is -0.214. The summed E-state index contributed by atoms with van der Waals surface area (Å²) < 4.78 is 6.38. The number of hydrogen-bond acceptors (Lipinski definition) is 3. The summed E-state index contributed by atoms with van der Waals surface area (Å²) in [6.07, 6.45) is 0.758. The van der Waals surface area contributed by atoms with Crippen LogP contribution in [0.3, 0.4) is 0 Å². The second-order valence-corrected chi connectivity index (χ2v) is 6.83. The number of ether oxygens (including phenoxy) is 1. The number of hydrogen-bond donors (Lipinski definition) is 0. The van der Waals surface area contributed by atoms with Crippen molar-refractivity contribution in [2.75, 3.05) is 6.61 Å². The van der Waals surface area contributed by atoms with E-state index in [0.717, 1.165) is 12.0 Å². The molecule has 0 spiro atoms. The van der Waals surface area contributed by atoms with Crippen LogP contribution in [-0.2, 0) is 6.42 Å². The maximum absolute atomic E-state index is 12.5. The predicted octanol–water partition coefficient (Wildman–Crippen LogP) is 4.87. The molecule has 2 aromatic rings. The monoisotopic (exact) mass is 332 g/mol. The number of rotatable bonds is 2. The fraction of sp³-hybridized carbons (Fsp3) is 0.154. The summed E-state index contributed by atoms with van der Waals surface area (Å²) in [6, 6.07) is 5.00. The number of halogens is 3. The van der Waals surface area contributed by atoms with Gasteiger partial charge in [-0.1, -0.05) is 34.8 Å². The minimum absolute atomic E-state index is 0.214. The summed E-state index contributed by atoms with van der Waals surface area (Å²) in [5.41, 5.74) is 1.78. The van der Waals surface area contributed by atoms with Gasteiger partial charge in [0.15, 0.2) is 5.78 Å². The molecular weight excluding hydrogens is 327 g/mol. The molecule has 2 heterocycles. The predicted molar refractivity (Wildman–Crippen MR) is 78.4 cm³/mol. The first kappa shape index (κ1) is 13.3. The van der Waals surface area contributed by atoms with Crippen molar-refractivity contribution in [3.8, 4) is 5.75 Å². The molecule has 3 rings (SSSR count). The van der Waals surface area contributed by atoms with Crippen molar-refractivity contribution in [3.05, 3.63) is 48.6 Å². The Kier molecular flexibility index (Phi) is 3.48. The van der Waals surface area contributed by atoms with E-state index in [9.17, 15) is 4.79 Å². The molecule has 0 atom stereocenters. The van der Waals surface area contributed by atoms with E-state index in [-0.39, 0.29) is 5.78 Å². The van der Waals surface area contributed by atoms with Crippen LogP contribution in [0.5, 0.6) is 5.75 Å². The van der Waals surface area contributed by atoms with Gasteiger partial charge in [-0.15, -0.1) is 11.3 Å². The lowest BCUT2D eigenvalue weighted by atomic mass is 10.0. The highest BCUT2D eigenvalue weighted by Gasteiger charge is 2.25. The summed E-state index contributed by atoms with van der Waals surface area (Å²) in [5, 5.41) is 0.519. The van der Waals surface area contributed by atoms with Crippen molar-refractivity contribution in [3.63, 3.8) is 0 Å². The lowest BCUT2D eigenvalue weighted by Crippen LogP contribution is -2.03. The Morgan fingerprint density at radius 3 is 2.63 bits per heavy atom. The molecule has 0 N–H and O–H groups in total. The van der Waals surface area contributed by atoms with Gasteiger partial charge in [0.1, 0.15) is 10.1 Å². The highest BCUT2D eigenvalue weighted by molar-refractivity contribution is 7.20. The molecule has 1 aromatic heterocycles. The number of thiophene rings is 1. The third kappa shape index (κ3) is 2.36. The maximum atomic E-state index is 12.5. The standard InChI is InChI=1S/C13H7Cl3O2S/c14-7-3-6-1-2-18-12(6)8(4-7)11(17)9-5-10(15)19-13(9)16/h3-5H,1-2H2. The molecule has 0 aliphatic carbocycles. The summed E-state index contributed by atoms with van der Waals surface area (Å²) in [6.45, 7) is 0.564. The quantitative estimate of drug-likeness (QED) is 0.733. The van der Waals surface area contributed by atoms with E-state index in [1.54, 1.807) is 12.1 Å². The van der Waals surface area contributed by atoms with Gasteiger partial charge in [-0.05, 0) is 23.8 Å². The van der Waals surface area contributed by atoms with Gasteiger partial charge in [-0.25, -0.2) is 0 Å². The molecule has 0 bridgehead atoms. The normalized spacial score (nSPS) is 13.2. The summed E-state index contributed by atoms with van der Waals surface area (Å²) in [5.74, 6) is 0.390. The Balaban J connectivity index is 2.12. The highest BCUT2D eigenvalue weighted by Crippen LogP contribution is 2.38. The fourth-order valence-electron chi connectivity index (χ4n) is 2.08. The topological polar surface area (TPSA) is 26.3 Å². The van der Waals surface area contributed by atoms with Crippen molar-refractivity contribution in [2.24, 2.45) is 0 Å². The lowest BCUT2D eigenvalue weighted by molar-refractivity contribution is 0.103. The van der Waals surface area contributed by atoms with Gasteiger partial charge < -0.3 is 4.74 Å². The zero-order valence-electron chi connectivity index (χ0n) is 9.50. The number of carbonyl (C=O) groups excluding carboxylic acids is 1. The van der Waals surface area contributed by atoms with Gasteiger partial charge in [0.2, 0.25) is 0 Å². The van der Waals surface area contributed by atoms with Crippen molar-refractivity contribution in [1.82, 2.24) is 0 Å². The Bertz CT molecular complexity index is 679. The number of carbonyl (C=O) groups is 1. The number of fused-ring (bicyclic) bond motifs is 1. The van der Waals surface area contributed by atoms with E-state index in [2.05, 4.69) is 0 Å². The van der Waals surface area contributed by atoms with Crippen molar-refractivity contribution < 1.29 is 9.53 Å². The highest BCUT2D eigenvalue weighted by atomic mass is 35.5. The largest absolute Gasteiger partial charge is 0.492 e. The van der Waals surface area contributed by atoms with E-state index in [1.807, 2.05) is 6.07 Å². The average molecular weight is 334 g/mol. The smallest absolute Gasteiger partial charge is 0.199 e. The van der Waals surface area contributed by atoms with Crippen molar-refractivity contribution in [2.45, 2.75) is 6.42 Å². The van der Waals surface area contributed by atoms with Crippen LogP contribution in [0.15, 0.2) is 18.2 Å². The zero-order valence-corrected chi connectivity index (χ0v) is 12.6. The molecule has 0 radical (unpaired) electrons. The van der Waals surface area contributed by atoms with Crippen molar-refractivity contribution >= 4 is 51.9 Å². The molecule has 0 amide bonds. The summed E-state index contributed by atoms with van der Waals surface area (Å²) in [4.78, 5) is 12.5.